The number of hydrogen-bond donors (Lipinski definition) is 0. The molecule has 0 heterocycles. The van der Waals surface area contributed by atoms with Crippen molar-refractivity contribution >= 4 is 23.2 Å². The summed E-state index contributed by atoms with van der Waals surface area (Å²) in [6.45, 7) is 0.393. The van der Waals surface area contributed by atoms with E-state index in [0.717, 1.165) is 33.2 Å². The normalized spacial score (nSPS) is 11.2. The average Bonchev–Trinajstić information content (AvgIpc) is 2.98. The van der Waals surface area contributed by atoms with Crippen LogP contribution in [-0.4, -0.2) is 41.7 Å². The van der Waals surface area contributed by atoms with Gasteiger partial charge in [-0.3, -0.25) is 0 Å². The largest absolute Gasteiger partial charge is 0.463 e. The van der Waals surface area contributed by atoms with E-state index in [1.807, 2.05) is 60.7 Å². The van der Waals surface area contributed by atoms with Crippen LogP contribution in [0, 0.1) is 0 Å². The lowest BCUT2D eigenvalue weighted by Crippen LogP contribution is -2.35. The summed E-state index contributed by atoms with van der Waals surface area (Å²) in [5.74, 6) is 2.25. The second-order valence-electron chi connectivity index (χ2n) is 8.51. The molecule has 4 aromatic rings. The number of benzene rings is 4. The van der Waals surface area contributed by atoms with Gasteiger partial charge in [-0.15, -0.1) is 0 Å². The molecule has 0 fully saturated rings. The van der Waals surface area contributed by atoms with Crippen LogP contribution < -0.4 is 30.1 Å². The molecule has 0 radical (unpaired) electrons. The van der Waals surface area contributed by atoms with Gasteiger partial charge in [-0.25, -0.2) is 0 Å². The molecule has 0 aliphatic rings. The van der Waals surface area contributed by atoms with Gasteiger partial charge in [0.05, 0.1) is 6.16 Å². The maximum Gasteiger partial charge on any atom is 0.188 e. The molecule has 0 bridgehead atoms. The summed E-state index contributed by atoms with van der Waals surface area (Å²) in [4.78, 5) is 0. The molecule has 0 aliphatic carbocycles. The molecule has 0 aliphatic heterocycles. The van der Waals surface area contributed by atoms with Crippen LogP contribution in [0.15, 0.2) is 103 Å². The van der Waals surface area contributed by atoms with Crippen molar-refractivity contribution in [2.24, 2.45) is 0 Å². The van der Waals surface area contributed by atoms with Crippen molar-refractivity contribution in [2.45, 2.75) is 6.16 Å². The molecule has 0 N–H and O–H groups in total. The Kier molecular flexibility index (Phi) is 10.1. The summed E-state index contributed by atoms with van der Waals surface area (Å²) in [6.07, 6.45) is 0.710. The fourth-order valence-electron chi connectivity index (χ4n) is 4.55. The van der Waals surface area contributed by atoms with Crippen molar-refractivity contribution < 1.29 is 28.4 Å². The van der Waals surface area contributed by atoms with Crippen molar-refractivity contribution in [3.8, 4) is 17.2 Å². The Labute approximate surface area is 225 Å². The third kappa shape index (κ3) is 6.17. The predicted octanol–water partition coefficient (Wildman–Crippen LogP) is 5.13. The lowest BCUT2D eigenvalue weighted by molar-refractivity contribution is 0.0518. The molecule has 0 saturated heterocycles. The van der Waals surface area contributed by atoms with Crippen LogP contribution in [0.3, 0.4) is 0 Å². The van der Waals surface area contributed by atoms with Crippen LogP contribution in [0.1, 0.15) is 5.56 Å². The van der Waals surface area contributed by atoms with E-state index in [9.17, 15) is 0 Å². The van der Waals surface area contributed by atoms with Gasteiger partial charge in [0.15, 0.2) is 37.6 Å². The van der Waals surface area contributed by atoms with E-state index in [0.29, 0.717) is 6.16 Å². The Morgan fingerprint density at radius 3 is 1.16 bits per heavy atom. The van der Waals surface area contributed by atoms with E-state index < -0.39 is 7.26 Å². The Balaban J connectivity index is 2.10. The smallest absolute Gasteiger partial charge is 0.188 e. The Morgan fingerprint density at radius 2 is 0.789 bits per heavy atom. The maximum absolute atomic E-state index is 6.19. The van der Waals surface area contributed by atoms with Gasteiger partial charge in [0.1, 0.15) is 23.2 Å². The Hall–Kier alpha value is -3.41. The minimum atomic E-state index is -2.55. The molecular weight excluding hydrogens is 499 g/mol. The molecule has 0 saturated carbocycles. The predicted molar refractivity (Wildman–Crippen MR) is 153 cm³/mol. The lowest BCUT2D eigenvalue weighted by atomic mass is 10.2. The number of methoxy groups -OCH3 is 3. The van der Waals surface area contributed by atoms with Gasteiger partial charge in [-0.1, -0.05) is 66.7 Å². The van der Waals surface area contributed by atoms with Gasteiger partial charge in [-0.2, -0.15) is 0 Å². The average molecular weight is 534 g/mol. The molecule has 0 unspecified atom stereocenters. The molecule has 4 aromatic carbocycles. The van der Waals surface area contributed by atoms with Gasteiger partial charge in [0.25, 0.3) is 0 Å². The Bertz CT molecular complexity index is 1150. The summed E-state index contributed by atoms with van der Waals surface area (Å²) >= 11 is 0. The zero-order valence-corrected chi connectivity index (χ0v) is 22.9. The van der Waals surface area contributed by atoms with E-state index in [-0.39, 0.29) is 20.4 Å². The summed E-state index contributed by atoms with van der Waals surface area (Å²) in [7, 11) is 2.32. The molecule has 4 rings (SSSR count). The standard InChI is InChI=1S/C31H34O6P/c1-32-22-35-26-15-7-10-18-29(26)38(21-25-13-5-4-6-14-25,30-19-11-8-16-27(30)36-23-33-2)31-20-12-9-17-28(31)37-24-34-3/h4-20H,21-24H2,1-3H3/q+1. The summed E-state index contributed by atoms with van der Waals surface area (Å²) < 4.78 is 34.5. The molecule has 0 spiro atoms. The van der Waals surface area contributed by atoms with Crippen molar-refractivity contribution in [2.75, 3.05) is 41.7 Å². The first-order valence-corrected chi connectivity index (χ1v) is 14.3. The Morgan fingerprint density at radius 1 is 0.447 bits per heavy atom. The minimum absolute atomic E-state index is 0.131. The third-order valence-corrected chi connectivity index (χ3v) is 10.5. The highest BCUT2D eigenvalue weighted by Crippen LogP contribution is 2.62. The van der Waals surface area contributed by atoms with Gasteiger partial charge >= 0.3 is 0 Å². The highest BCUT2D eigenvalue weighted by Gasteiger charge is 2.51. The van der Waals surface area contributed by atoms with E-state index in [1.54, 1.807) is 21.3 Å². The van der Waals surface area contributed by atoms with Crippen LogP contribution >= 0.6 is 7.26 Å². The van der Waals surface area contributed by atoms with Crippen LogP contribution in [0.25, 0.3) is 0 Å². The molecule has 0 aromatic heterocycles. The lowest BCUT2D eigenvalue weighted by Gasteiger charge is -2.31. The maximum atomic E-state index is 6.19. The van der Waals surface area contributed by atoms with Crippen LogP contribution in [0.2, 0.25) is 0 Å². The van der Waals surface area contributed by atoms with E-state index in [1.165, 1.54) is 5.56 Å². The summed E-state index contributed by atoms with van der Waals surface area (Å²) in [5.41, 5.74) is 1.19. The van der Waals surface area contributed by atoms with Crippen LogP contribution in [-0.2, 0) is 20.4 Å². The van der Waals surface area contributed by atoms with Crippen LogP contribution in [0.5, 0.6) is 17.2 Å². The van der Waals surface area contributed by atoms with E-state index in [2.05, 4.69) is 42.5 Å². The van der Waals surface area contributed by atoms with E-state index >= 15 is 0 Å². The monoisotopic (exact) mass is 533 g/mol. The zero-order valence-electron chi connectivity index (χ0n) is 22.0. The first-order valence-electron chi connectivity index (χ1n) is 12.3. The summed E-state index contributed by atoms with van der Waals surface area (Å²) in [6, 6.07) is 35.0. The second-order valence-corrected chi connectivity index (χ2v) is 11.9. The third-order valence-electron chi connectivity index (χ3n) is 6.09. The van der Waals surface area contributed by atoms with Crippen molar-refractivity contribution in [1.82, 2.24) is 0 Å². The van der Waals surface area contributed by atoms with E-state index in [4.69, 9.17) is 28.4 Å². The van der Waals surface area contributed by atoms with Gasteiger partial charge < -0.3 is 28.4 Å². The highest BCUT2D eigenvalue weighted by molar-refractivity contribution is 7.95. The number of rotatable bonds is 14. The molecule has 38 heavy (non-hydrogen) atoms. The number of hydrogen-bond acceptors (Lipinski definition) is 6. The molecule has 6 nitrogen and oxygen atoms in total. The molecule has 0 amide bonds. The van der Waals surface area contributed by atoms with Crippen molar-refractivity contribution in [3.05, 3.63) is 109 Å². The van der Waals surface area contributed by atoms with Gasteiger partial charge in [0.2, 0.25) is 0 Å². The molecule has 198 valence electrons. The zero-order chi connectivity index (χ0) is 26.6. The van der Waals surface area contributed by atoms with Gasteiger partial charge in [-0.05, 0) is 42.0 Å². The van der Waals surface area contributed by atoms with Crippen LogP contribution in [0.4, 0.5) is 0 Å². The molecule has 0 atom stereocenters. The quantitative estimate of drug-likeness (QED) is 0.166. The second kappa shape index (κ2) is 13.9. The molecule has 7 heteroatoms. The fraction of sp³-hybridized carbons (Fsp3) is 0.226. The summed E-state index contributed by atoms with van der Waals surface area (Å²) in [5, 5.41) is 3.17. The number of para-hydroxylation sites is 3. The minimum Gasteiger partial charge on any atom is -0.463 e. The first-order chi connectivity index (χ1) is 18.7. The molecular formula is C31H34O6P+. The number of ether oxygens (including phenoxy) is 6. The highest BCUT2D eigenvalue weighted by atomic mass is 31.2. The fourth-order valence-corrected chi connectivity index (χ4v) is 9.17. The van der Waals surface area contributed by atoms with Crippen molar-refractivity contribution in [3.63, 3.8) is 0 Å². The SMILES string of the molecule is COCOc1ccccc1[P+](Cc1ccccc1)(c1ccccc1OCOC)c1ccccc1OCOC. The van der Waals surface area contributed by atoms with Crippen molar-refractivity contribution in [1.29, 1.82) is 0 Å². The topological polar surface area (TPSA) is 55.4 Å². The van der Waals surface area contributed by atoms with Gasteiger partial charge in [0, 0.05) is 21.3 Å². The first kappa shape index (κ1) is 27.6.